The number of nitrogens with zero attached hydrogens (tertiary/aromatic N) is 1. The summed E-state index contributed by atoms with van der Waals surface area (Å²) < 4.78 is 35.3. The minimum absolute atomic E-state index is 0.0607. The average molecular weight is 449 g/mol. The molecular formula is C25H24N2O4S. The molecule has 0 saturated carbocycles. The first-order chi connectivity index (χ1) is 15.5. The van der Waals surface area contributed by atoms with Crippen molar-refractivity contribution < 1.29 is 17.6 Å². The van der Waals surface area contributed by atoms with Gasteiger partial charge in [-0.05, 0) is 61.2 Å². The van der Waals surface area contributed by atoms with Crippen molar-refractivity contribution in [3.63, 3.8) is 0 Å². The van der Waals surface area contributed by atoms with E-state index < -0.39 is 16.1 Å². The lowest BCUT2D eigenvalue weighted by molar-refractivity contribution is -0.116. The molecule has 0 spiro atoms. The number of benzene rings is 2. The van der Waals surface area contributed by atoms with E-state index in [-0.39, 0.29) is 10.7 Å². The molecule has 164 valence electrons. The first-order valence-corrected chi connectivity index (χ1v) is 12.2. The van der Waals surface area contributed by atoms with Gasteiger partial charge in [-0.1, -0.05) is 31.2 Å². The highest BCUT2D eigenvalue weighted by Crippen LogP contribution is 2.47. The molecule has 0 saturated heterocycles. The highest BCUT2D eigenvalue weighted by Gasteiger charge is 2.43. The molecule has 0 radical (unpaired) electrons. The third-order valence-corrected chi connectivity index (χ3v) is 7.89. The number of rotatable bonds is 4. The Morgan fingerprint density at radius 1 is 1.03 bits per heavy atom. The minimum atomic E-state index is -4.03. The molecule has 1 aliphatic heterocycles. The third kappa shape index (κ3) is 3.33. The molecule has 2 aromatic carbocycles. The van der Waals surface area contributed by atoms with Crippen LogP contribution in [0.25, 0.3) is 0 Å². The molecule has 7 heteroatoms. The Balaban J connectivity index is 1.79. The third-order valence-electron chi connectivity index (χ3n) is 6.09. The first kappa shape index (κ1) is 20.6. The van der Waals surface area contributed by atoms with E-state index in [1.165, 1.54) is 10.6 Å². The second-order valence-electron chi connectivity index (χ2n) is 8.03. The van der Waals surface area contributed by atoms with Crippen LogP contribution >= 0.6 is 0 Å². The summed E-state index contributed by atoms with van der Waals surface area (Å²) in [4.78, 5) is 13.3. The summed E-state index contributed by atoms with van der Waals surface area (Å²) in [6, 6.07) is 16.7. The van der Waals surface area contributed by atoms with Gasteiger partial charge in [0.1, 0.15) is 11.8 Å². The van der Waals surface area contributed by atoms with Gasteiger partial charge in [0.2, 0.25) is 0 Å². The molecule has 32 heavy (non-hydrogen) atoms. The number of para-hydroxylation sites is 2. The zero-order valence-electron chi connectivity index (χ0n) is 17.7. The van der Waals surface area contributed by atoms with E-state index in [1.807, 2.05) is 31.2 Å². The summed E-state index contributed by atoms with van der Waals surface area (Å²) in [7, 11) is -4.03. The number of hydrogen-bond donors (Lipinski definition) is 1. The molecule has 0 bridgehead atoms. The lowest BCUT2D eigenvalue weighted by atomic mass is 9.89. The van der Waals surface area contributed by atoms with Crippen molar-refractivity contribution in [2.75, 3.05) is 9.62 Å². The topological polar surface area (TPSA) is 79.6 Å². The predicted molar refractivity (Wildman–Crippen MR) is 123 cm³/mol. The van der Waals surface area contributed by atoms with Crippen molar-refractivity contribution in [3.8, 4) is 0 Å². The van der Waals surface area contributed by atoms with Crippen LogP contribution in [0.5, 0.6) is 0 Å². The van der Waals surface area contributed by atoms with Crippen molar-refractivity contribution in [1.82, 2.24) is 0 Å². The smallest absolute Gasteiger partial charge is 0.265 e. The summed E-state index contributed by atoms with van der Waals surface area (Å²) in [5.74, 6) is 0.356. The van der Waals surface area contributed by atoms with Crippen LogP contribution in [0.4, 0.5) is 11.4 Å². The van der Waals surface area contributed by atoms with Crippen LogP contribution in [0.3, 0.4) is 0 Å². The van der Waals surface area contributed by atoms with Gasteiger partial charge in [0.25, 0.3) is 10.0 Å². The van der Waals surface area contributed by atoms with Crippen molar-refractivity contribution in [2.45, 2.75) is 43.5 Å². The van der Waals surface area contributed by atoms with Crippen LogP contribution < -0.4 is 9.62 Å². The highest BCUT2D eigenvalue weighted by atomic mass is 32.2. The molecule has 1 aliphatic carbocycles. The molecule has 1 atom stereocenters. The van der Waals surface area contributed by atoms with Gasteiger partial charge >= 0.3 is 0 Å². The number of sulfonamides is 1. The molecular weight excluding hydrogens is 424 g/mol. The molecule has 2 heterocycles. The Morgan fingerprint density at radius 3 is 2.53 bits per heavy atom. The van der Waals surface area contributed by atoms with E-state index in [2.05, 4.69) is 5.32 Å². The molecule has 2 aliphatic rings. The molecule has 0 amide bonds. The Kier molecular flexibility index (Phi) is 5.13. The van der Waals surface area contributed by atoms with Crippen molar-refractivity contribution in [3.05, 3.63) is 89.5 Å². The fourth-order valence-electron chi connectivity index (χ4n) is 4.48. The summed E-state index contributed by atoms with van der Waals surface area (Å²) in [6.45, 7) is 2.02. The largest absolute Gasteiger partial charge is 0.467 e. The zero-order chi connectivity index (χ0) is 22.3. The van der Waals surface area contributed by atoms with E-state index in [0.29, 0.717) is 35.5 Å². The van der Waals surface area contributed by atoms with Gasteiger partial charge in [-0.2, -0.15) is 0 Å². The first-order valence-electron chi connectivity index (χ1n) is 10.8. The Morgan fingerprint density at radius 2 is 1.81 bits per heavy atom. The van der Waals surface area contributed by atoms with Crippen LogP contribution in [0.1, 0.15) is 43.6 Å². The monoisotopic (exact) mass is 448 g/mol. The fraction of sp³-hybridized carbons (Fsp3) is 0.240. The van der Waals surface area contributed by atoms with E-state index in [0.717, 1.165) is 24.1 Å². The van der Waals surface area contributed by atoms with Crippen LogP contribution in [-0.4, -0.2) is 14.2 Å². The van der Waals surface area contributed by atoms with Gasteiger partial charge in [0.15, 0.2) is 5.78 Å². The number of hydrogen-bond acceptors (Lipinski definition) is 5. The van der Waals surface area contributed by atoms with Crippen molar-refractivity contribution >= 4 is 27.2 Å². The van der Waals surface area contributed by atoms with E-state index in [9.17, 15) is 13.2 Å². The molecule has 0 unspecified atom stereocenters. The number of carbonyl (C=O) groups excluding carboxylic acids is 1. The molecule has 1 aromatic heterocycles. The van der Waals surface area contributed by atoms with Crippen LogP contribution in [0.2, 0.25) is 0 Å². The summed E-state index contributed by atoms with van der Waals surface area (Å²) >= 11 is 0. The van der Waals surface area contributed by atoms with Gasteiger partial charge < -0.3 is 9.73 Å². The van der Waals surface area contributed by atoms with Gasteiger partial charge in [-0.25, -0.2) is 12.7 Å². The summed E-state index contributed by atoms with van der Waals surface area (Å²) in [5, 5.41) is 3.37. The lowest BCUT2D eigenvalue weighted by Crippen LogP contribution is -2.37. The maximum Gasteiger partial charge on any atom is 0.265 e. The normalized spacial score (nSPS) is 18.6. The number of furan rings is 1. The zero-order valence-corrected chi connectivity index (χ0v) is 18.6. The lowest BCUT2D eigenvalue weighted by Gasteiger charge is -2.33. The number of Topliss-reactive ketones (excluding diaryl/α,β-unsaturated/α-hetero) is 1. The van der Waals surface area contributed by atoms with Crippen molar-refractivity contribution in [2.24, 2.45) is 0 Å². The molecule has 6 nitrogen and oxygen atoms in total. The highest BCUT2D eigenvalue weighted by molar-refractivity contribution is 7.92. The van der Waals surface area contributed by atoms with E-state index >= 15 is 0 Å². The maximum absolute atomic E-state index is 14.1. The van der Waals surface area contributed by atoms with Gasteiger partial charge in [0.05, 0.1) is 22.5 Å². The quantitative estimate of drug-likeness (QED) is 0.593. The number of allylic oxidation sites excluding steroid dienone is 1. The second-order valence-corrected chi connectivity index (χ2v) is 9.84. The second kappa shape index (κ2) is 7.98. The number of ketones is 1. The number of fused-ring (bicyclic) bond motifs is 1. The maximum atomic E-state index is 14.1. The number of anilines is 2. The molecule has 5 rings (SSSR count). The predicted octanol–water partition coefficient (Wildman–Crippen LogP) is 5.21. The van der Waals surface area contributed by atoms with Gasteiger partial charge in [-0.3, -0.25) is 4.79 Å². The van der Waals surface area contributed by atoms with E-state index in [4.69, 9.17) is 4.42 Å². The van der Waals surface area contributed by atoms with Crippen molar-refractivity contribution in [1.29, 1.82) is 0 Å². The molecule has 1 N–H and O–H groups in total. The standard InChI is InChI=1S/C25H24N2O4S/c1-2-17-12-14-18(15-13-17)32(29,30)27-21-9-4-3-7-19(21)26-20-8-5-10-22(28)24(20)25(27)23-11-6-16-31-23/h3-4,6-7,9,11-16,25-26H,2,5,8,10H2,1H3/t25-/m1/s1. The SMILES string of the molecule is CCc1ccc(S(=O)(=O)N2c3ccccc3NC3=C(C(=O)CCC3)[C@H]2c2ccco2)cc1. The number of nitrogens with one attached hydrogen (secondary N) is 1. The fourth-order valence-corrected chi connectivity index (χ4v) is 6.10. The molecule has 0 fully saturated rings. The van der Waals surface area contributed by atoms with Crippen LogP contribution in [0, 0.1) is 0 Å². The Labute approximate surface area is 187 Å². The minimum Gasteiger partial charge on any atom is -0.467 e. The molecule has 3 aromatic rings. The summed E-state index contributed by atoms with van der Waals surface area (Å²) in [6.07, 6.45) is 4.10. The van der Waals surface area contributed by atoms with Gasteiger partial charge in [-0.15, -0.1) is 0 Å². The van der Waals surface area contributed by atoms with Crippen LogP contribution in [-0.2, 0) is 21.2 Å². The van der Waals surface area contributed by atoms with Gasteiger partial charge in [0, 0.05) is 17.7 Å². The van der Waals surface area contributed by atoms with E-state index in [1.54, 1.807) is 36.4 Å². The number of carbonyl (C=O) groups is 1. The average Bonchev–Trinajstić information content (AvgIpc) is 3.28. The Bertz CT molecular complexity index is 1290. The van der Waals surface area contributed by atoms with Crippen LogP contribution in [0.15, 0.2) is 87.5 Å². The number of aryl methyl sites for hydroxylation is 1. The Hall–Kier alpha value is -3.32. The summed E-state index contributed by atoms with van der Waals surface area (Å²) in [5.41, 5.74) is 3.40.